The Bertz CT molecular complexity index is 780. The molecule has 0 aliphatic heterocycles. The molecule has 0 unspecified atom stereocenters. The van der Waals surface area contributed by atoms with Crippen LogP contribution in [0, 0.1) is 0 Å². The van der Waals surface area contributed by atoms with Crippen LogP contribution in [0.5, 0.6) is 0 Å². The number of hydrogen-bond donors (Lipinski definition) is 1. The lowest BCUT2D eigenvalue weighted by Gasteiger charge is -2.09. The molecule has 1 aliphatic carbocycles. The van der Waals surface area contributed by atoms with Gasteiger partial charge in [-0.3, -0.25) is 9.59 Å². The van der Waals surface area contributed by atoms with Crippen LogP contribution in [0.1, 0.15) is 47.8 Å². The number of fused-ring (bicyclic) bond motifs is 1. The Kier molecular flexibility index (Phi) is 4.55. The number of nitrogens with zero attached hydrogens (tertiary/aromatic N) is 2. The van der Waals surface area contributed by atoms with E-state index in [1.807, 2.05) is 12.1 Å². The molecule has 23 heavy (non-hydrogen) atoms. The van der Waals surface area contributed by atoms with Crippen molar-refractivity contribution in [1.29, 1.82) is 0 Å². The van der Waals surface area contributed by atoms with Crippen molar-refractivity contribution >= 4 is 11.6 Å². The Morgan fingerprint density at radius 3 is 2.87 bits per heavy atom. The van der Waals surface area contributed by atoms with Gasteiger partial charge in [0.25, 0.3) is 11.5 Å². The van der Waals surface area contributed by atoms with Crippen molar-refractivity contribution in [2.45, 2.75) is 45.6 Å². The molecule has 0 radical (unpaired) electrons. The molecule has 1 aliphatic rings. The summed E-state index contributed by atoms with van der Waals surface area (Å²) < 4.78 is 1.36. The molecule has 5 heteroatoms. The van der Waals surface area contributed by atoms with E-state index in [4.69, 9.17) is 0 Å². The van der Waals surface area contributed by atoms with Gasteiger partial charge in [0.2, 0.25) is 0 Å². The third-order valence-electron chi connectivity index (χ3n) is 4.18. The van der Waals surface area contributed by atoms with Gasteiger partial charge in [-0.1, -0.05) is 19.4 Å². The Balaban J connectivity index is 1.76. The van der Waals surface area contributed by atoms with Gasteiger partial charge in [0.05, 0.1) is 0 Å². The van der Waals surface area contributed by atoms with Gasteiger partial charge < -0.3 is 5.32 Å². The Hall–Kier alpha value is -2.43. The highest BCUT2D eigenvalue weighted by Gasteiger charge is 2.14. The van der Waals surface area contributed by atoms with Crippen molar-refractivity contribution in [2.24, 2.45) is 0 Å². The summed E-state index contributed by atoms with van der Waals surface area (Å²) in [7, 11) is 0. The van der Waals surface area contributed by atoms with E-state index in [0.29, 0.717) is 6.54 Å². The van der Waals surface area contributed by atoms with Crippen molar-refractivity contribution in [2.75, 3.05) is 5.32 Å². The fraction of sp³-hybridized carbons (Fsp3) is 0.389. The first kappa shape index (κ1) is 15.5. The number of hydrogen-bond acceptors (Lipinski definition) is 3. The van der Waals surface area contributed by atoms with Gasteiger partial charge in [-0.2, -0.15) is 5.10 Å². The molecule has 0 bridgehead atoms. The van der Waals surface area contributed by atoms with Crippen LogP contribution in [0.2, 0.25) is 0 Å². The molecule has 1 heterocycles. The number of aryl methyl sites for hydroxylation is 3. The number of amides is 1. The van der Waals surface area contributed by atoms with Crippen LogP contribution in [0.25, 0.3) is 0 Å². The minimum atomic E-state index is -0.284. The number of carbonyl (C=O) groups excluding carboxylic acids is 1. The van der Waals surface area contributed by atoms with Gasteiger partial charge in [-0.25, -0.2) is 4.68 Å². The number of aromatic nitrogens is 2. The van der Waals surface area contributed by atoms with E-state index in [0.717, 1.165) is 31.4 Å². The average molecular weight is 311 g/mol. The zero-order valence-electron chi connectivity index (χ0n) is 13.3. The highest BCUT2D eigenvalue weighted by atomic mass is 16.2. The molecule has 1 aromatic carbocycles. The minimum Gasteiger partial charge on any atom is -0.321 e. The SMILES string of the molecule is CCCCn1nc(C(=O)Nc2ccc3c(c2)CCC3)ccc1=O. The van der Waals surface area contributed by atoms with Gasteiger partial charge in [-0.15, -0.1) is 0 Å². The smallest absolute Gasteiger partial charge is 0.276 e. The monoisotopic (exact) mass is 311 g/mol. The van der Waals surface area contributed by atoms with Gasteiger partial charge in [0, 0.05) is 18.3 Å². The van der Waals surface area contributed by atoms with Crippen LogP contribution in [-0.2, 0) is 19.4 Å². The summed E-state index contributed by atoms with van der Waals surface area (Å²) in [6, 6.07) is 8.92. The van der Waals surface area contributed by atoms with Crippen LogP contribution < -0.4 is 10.9 Å². The molecule has 5 nitrogen and oxygen atoms in total. The fourth-order valence-electron chi connectivity index (χ4n) is 2.88. The fourth-order valence-corrected chi connectivity index (χ4v) is 2.88. The van der Waals surface area contributed by atoms with Crippen LogP contribution in [0.3, 0.4) is 0 Å². The second kappa shape index (κ2) is 6.77. The topological polar surface area (TPSA) is 64.0 Å². The molecule has 2 aromatic rings. The maximum Gasteiger partial charge on any atom is 0.276 e. The summed E-state index contributed by atoms with van der Waals surface area (Å²) in [5, 5.41) is 7.04. The zero-order chi connectivity index (χ0) is 16.2. The molecule has 0 fully saturated rings. The molecule has 1 aromatic heterocycles. The lowest BCUT2D eigenvalue weighted by atomic mass is 10.1. The largest absolute Gasteiger partial charge is 0.321 e. The van der Waals surface area contributed by atoms with Crippen molar-refractivity contribution < 1.29 is 4.79 Å². The van der Waals surface area contributed by atoms with E-state index in [2.05, 4.69) is 23.4 Å². The van der Waals surface area contributed by atoms with E-state index < -0.39 is 0 Å². The first-order valence-corrected chi connectivity index (χ1v) is 8.18. The van der Waals surface area contributed by atoms with Crippen molar-refractivity contribution in [3.63, 3.8) is 0 Å². The molecule has 1 N–H and O–H groups in total. The van der Waals surface area contributed by atoms with E-state index in [-0.39, 0.29) is 17.2 Å². The Morgan fingerprint density at radius 1 is 1.22 bits per heavy atom. The summed E-state index contributed by atoms with van der Waals surface area (Å²) in [5.41, 5.74) is 3.55. The summed E-state index contributed by atoms with van der Waals surface area (Å²) in [5.74, 6) is -0.284. The Labute approximate surface area is 135 Å². The number of nitrogens with one attached hydrogen (secondary N) is 1. The van der Waals surface area contributed by atoms with Crippen molar-refractivity contribution in [3.8, 4) is 0 Å². The second-order valence-electron chi connectivity index (χ2n) is 5.92. The summed E-state index contributed by atoms with van der Waals surface area (Å²) >= 11 is 0. The summed E-state index contributed by atoms with van der Waals surface area (Å²) in [6.07, 6.45) is 5.20. The van der Waals surface area contributed by atoms with E-state index in [9.17, 15) is 9.59 Å². The Morgan fingerprint density at radius 2 is 2.04 bits per heavy atom. The van der Waals surface area contributed by atoms with Gasteiger partial charge >= 0.3 is 0 Å². The summed E-state index contributed by atoms with van der Waals surface area (Å²) in [6.45, 7) is 2.59. The zero-order valence-corrected chi connectivity index (χ0v) is 13.3. The third-order valence-corrected chi connectivity index (χ3v) is 4.18. The molecule has 0 saturated heterocycles. The normalized spacial score (nSPS) is 12.9. The van der Waals surface area contributed by atoms with Crippen LogP contribution in [0.15, 0.2) is 35.1 Å². The minimum absolute atomic E-state index is 0.174. The van der Waals surface area contributed by atoms with Gasteiger partial charge in [0.15, 0.2) is 0 Å². The highest BCUT2D eigenvalue weighted by molar-refractivity contribution is 6.02. The molecular weight excluding hydrogens is 290 g/mol. The lowest BCUT2D eigenvalue weighted by molar-refractivity contribution is 0.101. The number of anilines is 1. The molecule has 120 valence electrons. The molecule has 0 saturated carbocycles. The predicted octanol–water partition coefficient (Wildman–Crippen LogP) is 2.78. The van der Waals surface area contributed by atoms with E-state index in [1.54, 1.807) is 0 Å². The molecule has 0 atom stereocenters. The molecule has 1 amide bonds. The van der Waals surface area contributed by atoms with Crippen LogP contribution in [0.4, 0.5) is 5.69 Å². The quantitative estimate of drug-likeness (QED) is 0.923. The maximum absolute atomic E-state index is 12.4. The average Bonchev–Trinajstić information content (AvgIpc) is 3.01. The van der Waals surface area contributed by atoms with Crippen molar-refractivity contribution in [3.05, 3.63) is 57.5 Å². The first-order chi connectivity index (χ1) is 11.2. The maximum atomic E-state index is 12.4. The number of benzene rings is 1. The molecule has 0 spiro atoms. The second-order valence-corrected chi connectivity index (χ2v) is 5.92. The molecule has 3 rings (SSSR count). The van der Waals surface area contributed by atoms with Gasteiger partial charge in [0.1, 0.15) is 5.69 Å². The lowest BCUT2D eigenvalue weighted by Crippen LogP contribution is -2.26. The number of rotatable bonds is 5. The summed E-state index contributed by atoms with van der Waals surface area (Å²) in [4.78, 5) is 24.1. The van der Waals surface area contributed by atoms with Crippen LogP contribution >= 0.6 is 0 Å². The van der Waals surface area contributed by atoms with E-state index in [1.165, 1.54) is 34.4 Å². The number of carbonyl (C=O) groups is 1. The van der Waals surface area contributed by atoms with E-state index >= 15 is 0 Å². The predicted molar refractivity (Wildman–Crippen MR) is 89.8 cm³/mol. The standard InChI is InChI=1S/C18H21N3O2/c1-2-3-11-21-17(22)10-9-16(20-21)18(23)19-15-8-7-13-5-4-6-14(13)12-15/h7-10,12H,2-6,11H2,1H3,(H,19,23). The van der Waals surface area contributed by atoms with Crippen molar-refractivity contribution in [1.82, 2.24) is 9.78 Å². The van der Waals surface area contributed by atoms with Crippen LogP contribution in [-0.4, -0.2) is 15.7 Å². The first-order valence-electron chi connectivity index (χ1n) is 8.18. The molecular formula is C18H21N3O2. The number of unbranched alkanes of at least 4 members (excludes halogenated alkanes) is 1. The third kappa shape index (κ3) is 3.50. The van der Waals surface area contributed by atoms with Gasteiger partial charge in [-0.05, 0) is 55.0 Å². The highest BCUT2D eigenvalue weighted by Crippen LogP contribution is 2.25.